The number of nitrogens with zero attached hydrogens (tertiary/aromatic N) is 2. The average Bonchev–Trinajstić information content (AvgIpc) is 3.12. The van der Waals surface area contributed by atoms with Gasteiger partial charge >= 0.3 is 0 Å². The van der Waals surface area contributed by atoms with Gasteiger partial charge in [-0.15, -0.1) is 11.3 Å². The number of likely N-dealkylation sites (tertiary alicyclic amines) is 1. The lowest BCUT2D eigenvalue weighted by Crippen LogP contribution is -2.31. The van der Waals surface area contributed by atoms with Gasteiger partial charge in [-0.1, -0.05) is 0 Å². The van der Waals surface area contributed by atoms with Crippen LogP contribution in [0.2, 0.25) is 0 Å². The lowest BCUT2D eigenvalue weighted by atomic mass is 10.2. The number of thiazole rings is 1. The Morgan fingerprint density at radius 1 is 1.14 bits per heavy atom. The second-order valence-corrected chi connectivity index (χ2v) is 8.39. The van der Waals surface area contributed by atoms with E-state index in [1.54, 1.807) is 32.7 Å². The van der Waals surface area contributed by atoms with Crippen LogP contribution in [0.1, 0.15) is 29.5 Å². The van der Waals surface area contributed by atoms with E-state index in [9.17, 15) is 0 Å². The molecule has 2 unspecified atom stereocenters. The second kappa shape index (κ2) is 8.87. The molecule has 2 saturated heterocycles. The minimum Gasteiger partial charge on any atom is -0.493 e. The highest BCUT2D eigenvalue weighted by Gasteiger charge is 2.42. The van der Waals surface area contributed by atoms with Gasteiger partial charge in [0.05, 0.1) is 31.9 Å². The Morgan fingerprint density at radius 2 is 1.83 bits per heavy atom. The predicted molar refractivity (Wildman–Crippen MR) is 113 cm³/mol. The molecule has 158 valence electrons. The van der Waals surface area contributed by atoms with Crippen LogP contribution >= 0.6 is 11.3 Å². The molecule has 2 aliphatic heterocycles. The van der Waals surface area contributed by atoms with Crippen LogP contribution < -0.4 is 19.5 Å². The molecule has 7 nitrogen and oxygen atoms in total. The molecule has 4 rings (SSSR count). The molecular formula is C21H29N3O4S. The Kier molecular flexibility index (Phi) is 6.24. The number of rotatable bonds is 9. The Labute approximate surface area is 175 Å². The van der Waals surface area contributed by atoms with Crippen LogP contribution in [0.3, 0.4) is 0 Å². The third-order valence-corrected chi connectivity index (χ3v) is 6.73. The summed E-state index contributed by atoms with van der Waals surface area (Å²) in [6, 6.07) is 3.87. The van der Waals surface area contributed by atoms with Gasteiger partial charge in [0, 0.05) is 18.7 Å². The van der Waals surface area contributed by atoms with E-state index in [0.717, 1.165) is 29.4 Å². The molecule has 1 N–H and O–H groups in total. The molecule has 2 aliphatic rings. The lowest BCUT2D eigenvalue weighted by molar-refractivity contribution is 0.308. The first-order valence-electron chi connectivity index (χ1n) is 10.0. The molecule has 2 atom stereocenters. The van der Waals surface area contributed by atoms with Crippen molar-refractivity contribution in [1.29, 1.82) is 0 Å². The Bertz CT molecular complexity index is 825. The summed E-state index contributed by atoms with van der Waals surface area (Å²) in [5, 5.41) is 4.44. The summed E-state index contributed by atoms with van der Waals surface area (Å²) in [5.41, 5.74) is 1.95. The van der Waals surface area contributed by atoms with Crippen molar-refractivity contribution in [2.45, 2.75) is 32.1 Å². The standard InChI is InChI=1S/C21H29N3O4S/c1-13-19(18-20(28-18)22-7-10-24-8-5-6-9-24)29-21(23-13)14-11-15(25-2)17(27-4)16(12-14)26-3/h11-12,18,20,22H,5-10H2,1-4H3. The molecule has 0 aliphatic carbocycles. The molecule has 0 bridgehead atoms. The maximum Gasteiger partial charge on any atom is 0.203 e. The number of epoxide rings is 1. The summed E-state index contributed by atoms with van der Waals surface area (Å²) < 4.78 is 22.3. The smallest absolute Gasteiger partial charge is 0.203 e. The number of hydrogen-bond acceptors (Lipinski definition) is 8. The van der Waals surface area contributed by atoms with Gasteiger partial charge in [0.2, 0.25) is 5.75 Å². The number of aryl methyl sites for hydroxylation is 1. The van der Waals surface area contributed by atoms with Crippen molar-refractivity contribution in [3.8, 4) is 27.8 Å². The molecule has 2 aromatic rings. The van der Waals surface area contributed by atoms with Gasteiger partial charge < -0.3 is 23.8 Å². The number of nitrogens with one attached hydrogen (secondary N) is 1. The molecule has 29 heavy (non-hydrogen) atoms. The summed E-state index contributed by atoms with van der Waals surface area (Å²) in [7, 11) is 4.85. The second-order valence-electron chi connectivity index (χ2n) is 7.36. The van der Waals surface area contributed by atoms with Crippen molar-refractivity contribution in [2.24, 2.45) is 0 Å². The van der Waals surface area contributed by atoms with Crippen LogP contribution in [0.4, 0.5) is 0 Å². The molecule has 0 spiro atoms. The average molecular weight is 420 g/mol. The van der Waals surface area contributed by atoms with E-state index in [4.69, 9.17) is 23.9 Å². The van der Waals surface area contributed by atoms with Gasteiger partial charge in [0.1, 0.15) is 17.3 Å². The van der Waals surface area contributed by atoms with E-state index in [2.05, 4.69) is 10.2 Å². The van der Waals surface area contributed by atoms with Crippen molar-refractivity contribution in [1.82, 2.24) is 15.2 Å². The van der Waals surface area contributed by atoms with E-state index >= 15 is 0 Å². The molecule has 2 fully saturated rings. The van der Waals surface area contributed by atoms with Crippen LogP contribution in [-0.4, -0.2) is 63.6 Å². The van der Waals surface area contributed by atoms with Gasteiger partial charge in [-0.05, 0) is 45.0 Å². The minimum absolute atomic E-state index is 0.0851. The van der Waals surface area contributed by atoms with Crippen molar-refractivity contribution in [2.75, 3.05) is 47.5 Å². The normalized spacial score (nSPS) is 21.4. The molecule has 3 heterocycles. The number of aromatic nitrogens is 1. The Morgan fingerprint density at radius 3 is 2.45 bits per heavy atom. The molecule has 1 aromatic heterocycles. The molecule has 1 aromatic carbocycles. The zero-order valence-corrected chi connectivity index (χ0v) is 18.3. The number of methoxy groups -OCH3 is 3. The van der Waals surface area contributed by atoms with Crippen LogP contribution in [0.25, 0.3) is 10.6 Å². The Balaban J connectivity index is 1.44. The zero-order chi connectivity index (χ0) is 20.4. The minimum atomic E-state index is 0.0851. The third kappa shape index (κ3) is 4.35. The van der Waals surface area contributed by atoms with Gasteiger partial charge in [-0.2, -0.15) is 0 Å². The van der Waals surface area contributed by atoms with Crippen LogP contribution in [0.5, 0.6) is 17.2 Å². The van der Waals surface area contributed by atoms with E-state index in [1.165, 1.54) is 30.8 Å². The molecule has 0 amide bonds. The highest BCUT2D eigenvalue weighted by molar-refractivity contribution is 7.15. The summed E-state index contributed by atoms with van der Waals surface area (Å²) in [4.78, 5) is 8.46. The Hall–Kier alpha value is -1.87. The fraction of sp³-hybridized carbons (Fsp3) is 0.571. The fourth-order valence-electron chi connectivity index (χ4n) is 3.84. The summed E-state index contributed by atoms with van der Waals surface area (Å²) in [6.45, 7) is 6.53. The molecular weight excluding hydrogens is 390 g/mol. The first-order valence-corrected chi connectivity index (χ1v) is 10.8. The van der Waals surface area contributed by atoms with Gasteiger partial charge in [0.25, 0.3) is 0 Å². The topological polar surface area (TPSA) is 68.4 Å². The first kappa shape index (κ1) is 20.4. The van der Waals surface area contributed by atoms with Crippen molar-refractivity contribution < 1.29 is 18.9 Å². The maximum atomic E-state index is 5.90. The third-order valence-electron chi connectivity index (χ3n) is 5.47. The fourth-order valence-corrected chi connectivity index (χ4v) is 4.95. The van der Waals surface area contributed by atoms with Crippen molar-refractivity contribution >= 4 is 11.3 Å². The van der Waals surface area contributed by atoms with Gasteiger partial charge in [0.15, 0.2) is 11.5 Å². The monoisotopic (exact) mass is 419 g/mol. The summed E-state index contributed by atoms with van der Waals surface area (Å²) >= 11 is 1.66. The zero-order valence-electron chi connectivity index (χ0n) is 17.5. The first-order chi connectivity index (χ1) is 14.1. The van der Waals surface area contributed by atoms with Crippen molar-refractivity contribution in [3.63, 3.8) is 0 Å². The quantitative estimate of drug-likeness (QED) is 0.626. The highest BCUT2D eigenvalue weighted by atomic mass is 32.1. The lowest BCUT2D eigenvalue weighted by Gasteiger charge is -2.13. The van der Waals surface area contributed by atoms with E-state index in [-0.39, 0.29) is 12.3 Å². The molecule has 0 saturated carbocycles. The van der Waals surface area contributed by atoms with Crippen LogP contribution in [0.15, 0.2) is 12.1 Å². The van der Waals surface area contributed by atoms with E-state index in [0.29, 0.717) is 17.2 Å². The maximum absolute atomic E-state index is 5.90. The summed E-state index contributed by atoms with van der Waals surface area (Å²) in [5.74, 6) is 1.83. The largest absolute Gasteiger partial charge is 0.493 e. The SMILES string of the molecule is COc1cc(-c2nc(C)c(C3OC3NCCN3CCCC3)s2)cc(OC)c1OC. The van der Waals surface area contributed by atoms with Gasteiger partial charge in [-0.3, -0.25) is 5.32 Å². The van der Waals surface area contributed by atoms with E-state index < -0.39 is 0 Å². The molecule has 8 heteroatoms. The highest BCUT2D eigenvalue weighted by Crippen LogP contribution is 2.46. The molecule has 0 radical (unpaired) electrons. The number of hydrogen-bond donors (Lipinski definition) is 1. The number of benzene rings is 1. The van der Waals surface area contributed by atoms with Gasteiger partial charge in [-0.25, -0.2) is 4.98 Å². The van der Waals surface area contributed by atoms with Crippen LogP contribution in [-0.2, 0) is 4.74 Å². The van der Waals surface area contributed by atoms with Crippen molar-refractivity contribution in [3.05, 3.63) is 22.7 Å². The number of ether oxygens (including phenoxy) is 4. The predicted octanol–water partition coefficient (Wildman–Crippen LogP) is 3.23. The van der Waals surface area contributed by atoms with E-state index in [1.807, 2.05) is 19.1 Å². The summed E-state index contributed by atoms with van der Waals surface area (Å²) in [6.07, 6.45) is 2.82. The van der Waals surface area contributed by atoms with Crippen LogP contribution in [0, 0.1) is 6.92 Å².